The second-order valence-electron chi connectivity index (χ2n) is 6.32. The largest absolute Gasteiger partial charge is 0.372 e. The molecule has 3 rings (SSSR count). The third kappa shape index (κ3) is 3.29. The number of pyridine rings is 1. The van der Waals surface area contributed by atoms with Gasteiger partial charge in [0.15, 0.2) is 0 Å². The average molecular weight is 350 g/mol. The maximum Gasteiger partial charge on any atom is 0.274 e. The highest BCUT2D eigenvalue weighted by molar-refractivity contribution is 6.05. The van der Waals surface area contributed by atoms with Crippen LogP contribution in [0.3, 0.4) is 0 Å². The normalized spacial score (nSPS) is 10.9. The Morgan fingerprint density at radius 2 is 1.92 bits per heavy atom. The molecule has 5 heteroatoms. The first-order chi connectivity index (χ1) is 12.6. The van der Waals surface area contributed by atoms with Gasteiger partial charge in [0.05, 0.1) is 5.69 Å². The van der Waals surface area contributed by atoms with Crippen molar-refractivity contribution in [2.45, 2.75) is 34.1 Å². The van der Waals surface area contributed by atoms with Crippen LogP contribution in [0.25, 0.3) is 5.65 Å². The van der Waals surface area contributed by atoms with Crippen molar-refractivity contribution in [2.24, 2.45) is 0 Å². The molecule has 5 nitrogen and oxygen atoms in total. The van der Waals surface area contributed by atoms with Crippen LogP contribution in [0.1, 0.15) is 42.5 Å². The van der Waals surface area contributed by atoms with Gasteiger partial charge in [-0.15, -0.1) is 0 Å². The molecule has 0 spiro atoms. The number of imidazole rings is 1. The van der Waals surface area contributed by atoms with E-state index in [2.05, 4.69) is 41.2 Å². The number of nitrogens with zero attached hydrogens (tertiary/aromatic N) is 3. The van der Waals surface area contributed by atoms with Crippen molar-refractivity contribution in [1.29, 1.82) is 0 Å². The number of amides is 1. The zero-order valence-corrected chi connectivity index (χ0v) is 15.9. The van der Waals surface area contributed by atoms with E-state index in [1.165, 1.54) is 5.69 Å². The molecule has 0 aliphatic carbocycles. The number of hydrogen-bond acceptors (Lipinski definition) is 3. The molecule has 136 valence electrons. The molecule has 0 unspecified atom stereocenters. The number of carbonyl (C=O) groups is 1. The van der Waals surface area contributed by atoms with E-state index in [9.17, 15) is 4.79 Å². The van der Waals surface area contributed by atoms with E-state index in [4.69, 9.17) is 0 Å². The molecule has 1 N–H and O–H groups in total. The van der Waals surface area contributed by atoms with E-state index in [1.54, 1.807) is 0 Å². The minimum atomic E-state index is -0.126. The lowest BCUT2D eigenvalue weighted by atomic mass is 10.1. The molecule has 0 saturated heterocycles. The second-order valence-corrected chi connectivity index (χ2v) is 6.32. The first kappa shape index (κ1) is 18.0. The molecule has 0 aliphatic rings. The molecule has 0 fully saturated rings. The molecule has 2 heterocycles. The number of carbonyl (C=O) groups excluding carboxylic acids is 1. The summed E-state index contributed by atoms with van der Waals surface area (Å²) >= 11 is 0. The lowest BCUT2D eigenvalue weighted by molar-refractivity contribution is 0.102. The van der Waals surface area contributed by atoms with Crippen LogP contribution >= 0.6 is 0 Å². The fourth-order valence-corrected chi connectivity index (χ4v) is 3.29. The molecule has 0 saturated carbocycles. The Balaban J connectivity index is 1.91. The number of nitrogens with one attached hydrogen (secondary N) is 1. The molecule has 0 aliphatic heterocycles. The summed E-state index contributed by atoms with van der Waals surface area (Å²) in [7, 11) is 0. The van der Waals surface area contributed by atoms with E-state index < -0.39 is 0 Å². The third-order valence-corrected chi connectivity index (χ3v) is 4.74. The van der Waals surface area contributed by atoms with Crippen LogP contribution in [0.5, 0.6) is 0 Å². The van der Waals surface area contributed by atoms with Gasteiger partial charge in [0.2, 0.25) is 0 Å². The number of aromatic nitrogens is 2. The maximum atomic E-state index is 13.0. The molecule has 0 radical (unpaired) electrons. The van der Waals surface area contributed by atoms with Crippen LogP contribution in [-0.2, 0) is 6.42 Å². The predicted octanol–water partition coefficient (Wildman–Crippen LogP) is 4.30. The minimum absolute atomic E-state index is 0.126. The molecular formula is C21H26N4O. The van der Waals surface area contributed by atoms with Gasteiger partial charge >= 0.3 is 0 Å². The summed E-state index contributed by atoms with van der Waals surface area (Å²) in [5.41, 5.74) is 5.27. The van der Waals surface area contributed by atoms with Crippen LogP contribution in [0.4, 0.5) is 11.4 Å². The van der Waals surface area contributed by atoms with Crippen molar-refractivity contribution >= 4 is 22.9 Å². The molecular weight excluding hydrogens is 324 g/mol. The summed E-state index contributed by atoms with van der Waals surface area (Å²) in [6.07, 6.45) is 2.59. The summed E-state index contributed by atoms with van der Waals surface area (Å²) in [4.78, 5) is 19.8. The molecule has 1 amide bonds. The standard InChI is InChI=1S/C21H26N4O/c1-5-17-20(25-13-9-8-10-19(25)22-17)21(26)23-18-12-11-16(14-15(18)4)24(6-2)7-3/h8-14H,5-7H2,1-4H3,(H,23,26). The number of anilines is 2. The van der Waals surface area contributed by atoms with Crippen LogP contribution in [0, 0.1) is 6.92 Å². The van der Waals surface area contributed by atoms with Crippen molar-refractivity contribution in [3.05, 3.63) is 59.5 Å². The fourth-order valence-electron chi connectivity index (χ4n) is 3.29. The molecule has 2 aromatic heterocycles. The fraction of sp³-hybridized carbons (Fsp3) is 0.333. The van der Waals surface area contributed by atoms with Gasteiger partial charge in [-0.05, 0) is 63.1 Å². The van der Waals surface area contributed by atoms with Gasteiger partial charge in [0.25, 0.3) is 5.91 Å². The highest BCUT2D eigenvalue weighted by Crippen LogP contribution is 2.24. The van der Waals surface area contributed by atoms with Gasteiger partial charge in [-0.1, -0.05) is 13.0 Å². The summed E-state index contributed by atoms with van der Waals surface area (Å²) in [5, 5.41) is 3.06. The lowest BCUT2D eigenvalue weighted by Crippen LogP contribution is -2.22. The zero-order chi connectivity index (χ0) is 18.7. The van der Waals surface area contributed by atoms with E-state index >= 15 is 0 Å². The third-order valence-electron chi connectivity index (χ3n) is 4.74. The summed E-state index contributed by atoms with van der Waals surface area (Å²) in [6, 6.07) is 11.9. The van der Waals surface area contributed by atoms with Crippen LogP contribution < -0.4 is 10.2 Å². The van der Waals surface area contributed by atoms with Gasteiger partial charge in [0, 0.05) is 30.7 Å². The Morgan fingerprint density at radius 1 is 1.15 bits per heavy atom. The Labute approximate surface area is 154 Å². The summed E-state index contributed by atoms with van der Waals surface area (Å²) in [5.74, 6) is -0.126. The number of benzene rings is 1. The Kier molecular flexibility index (Phi) is 5.26. The number of fused-ring (bicyclic) bond motifs is 1. The molecule has 26 heavy (non-hydrogen) atoms. The van der Waals surface area contributed by atoms with Crippen LogP contribution in [-0.4, -0.2) is 28.4 Å². The van der Waals surface area contributed by atoms with Crippen LogP contribution in [0.15, 0.2) is 42.6 Å². The van der Waals surface area contributed by atoms with Crippen molar-refractivity contribution < 1.29 is 4.79 Å². The number of aryl methyl sites for hydroxylation is 2. The van der Waals surface area contributed by atoms with Gasteiger partial charge in [-0.3, -0.25) is 9.20 Å². The molecule has 3 aromatic rings. The summed E-state index contributed by atoms with van der Waals surface area (Å²) in [6.45, 7) is 10.3. The summed E-state index contributed by atoms with van der Waals surface area (Å²) < 4.78 is 1.85. The quantitative estimate of drug-likeness (QED) is 0.721. The predicted molar refractivity (Wildman–Crippen MR) is 107 cm³/mol. The highest BCUT2D eigenvalue weighted by Gasteiger charge is 2.18. The van der Waals surface area contributed by atoms with Crippen LogP contribution in [0.2, 0.25) is 0 Å². The number of hydrogen-bond donors (Lipinski definition) is 1. The van der Waals surface area contributed by atoms with Gasteiger partial charge in [0.1, 0.15) is 11.3 Å². The smallest absolute Gasteiger partial charge is 0.274 e. The maximum absolute atomic E-state index is 13.0. The first-order valence-electron chi connectivity index (χ1n) is 9.21. The van der Waals surface area contributed by atoms with E-state index in [-0.39, 0.29) is 5.91 Å². The SMILES string of the molecule is CCc1nc2ccccn2c1C(=O)Nc1ccc(N(CC)CC)cc1C. The Bertz CT molecular complexity index is 925. The Morgan fingerprint density at radius 3 is 2.58 bits per heavy atom. The van der Waals surface area contributed by atoms with E-state index in [0.29, 0.717) is 12.1 Å². The topological polar surface area (TPSA) is 49.6 Å². The average Bonchev–Trinajstić information content (AvgIpc) is 3.03. The van der Waals surface area contributed by atoms with E-state index in [0.717, 1.165) is 35.7 Å². The van der Waals surface area contributed by atoms with Crippen molar-refractivity contribution in [2.75, 3.05) is 23.3 Å². The van der Waals surface area contributed by atoms with Crippen molar-refractivity contribution in [3.63, 3.8) is 0 Å². The minimum Gasteiger partial charge on any atom is -0.372 e. The lowest BCUT2D eigenvalue weighted by Gasteiger charge is -2.22. The van der Waals surface area contributed by atoms with Gasteiger partial charge in [-0.25, -0.2) is 4.98 Å². The second kappa shape index (κ2) is 7.60. The molecule has 0 bridgehead atoms. The molecule has 0 atom stereocenters. The van der Waals surface area contributed by atoms with Crippen molar-refractivity contribution in [3.8, 4) is 0 Å². The molecule has 1 aromatic carbocycles. The van der Waals surface area contributed by atoms with Gasteiger partial charge in [-0.2, -0.15) is 0 Å². The number of rotatable bonds is 6. The highest BCUT2D eigenvalue weighted by atomic mass is 16.2. The Hall–Kier alpha value is -2.82. The first-order valence-corrected chi connectivity index (χ1v) is 9.21. The zero-order valence-electron chi connectivity index (χ0n) is 15.9. The van der Waals surface area contributed by atoms with E-state index in [1.807, 2.05) is 48.7 Å². The van der Waals surface area contributed by atoms with Gasteiger partial charge < -0.3 is 10.2 Å². The van der Waals surface area contributed by atoms with Crippen molar-refractivity contribution in [1.82, 2.24) is 9.38 Å². The monoisotopic (exact) mass is 350 g/mol.